The molecule has 27 heavy (non-hydrogen) atoms. The molecular formula is C21H24N4O2. The quantitative estimate of drug-likeness (QED) is 0.731. The molecule has 0 aliphatic carbocycles. The summed E-state index contributed by atoms with van der Waals surface area (Å²) in [5.41, 5.74) is 5.71. The number of carbonyl (C=O) groups is 1. The number of aromatic amines is 1. The molecule has 3 aromatic rings. The number of H-pyrrole nitrogens is 1. The summed E-state index contributed by atoms with van der Waals surface area (Å²) < 4.78 is 2.06. The largest absolute Gasteiger partial charge is 0.348 e. The predicted octanol–water partition coefficient (Wildman–Crippen LogP) is 2.78. The third-order valence-electron chi connectivity index (χ3n) is 4.79. The molecule has 0 spiro atoms. The minimum Gasteiger partial charge on any atom is -0.348 e. The Morgan fingerprint density at radius 2 is 1.85 bits per heavy atom. The van der Waals surface area contributed by atoms with Crippen molar-refractivity contribution in [2.75, 3.05) is 0 Å². The van der Waals surface area contributed by atoms with E-state index >= 15 is 0 Å². The highest BCUT2D eigenvalue weighted by Gasteiger charge is 2.17. The maximum atomic E-state index is 12.8. The number of amides is 1. The van der Waals surface area contributed by atoms with Gasteiger partial charge in [0.05, 0.1) is 5.56 Å². The predicted molar refractivity (Wildman–Crippen MR) is 105 cm³/mol. The molecule has 0 aliphatic rings. The number of hydrogen-bond donors (Lipinski definition) is 2. The van der Waals surface area contributed by atoms with Gasteiger partial charge in [-0.1, -0.05) is 0 Å². The van der Waals surface area contributed by atoms with Gasteiger partial charge in [0, 0.05) is 48.6 Å². The summed E-state index contributed by atoms with van der Waals surface area (Å²) in [6.45, 7) is 8.47. The van der Waals surface area contributed by atoms with Crippen LogP contribution in [-0.2, 0) is 13.1 Å². The van der Waals surface area contributed by atoms with Crippen LogP contribution in [0.3, 0.4) is 0 Å². The monoisotopic (exact) mass is 364 g/mol. The van der Waals surface area contributed by atoms with Crippen LogP contribution in [0, 0.1) is 27.7 Å². The Hall–Kier alpha value is -3.15. The zero-order chi connectivity index (χ0) is 19.6. The van der Waals surface area contributed by atoms with Crippen LogP contribution < -0.4 is 10.9 Å². The second-order valence-corrected chi connectivity index (χ2v) is 6.88. The first kappa shape index (κ1) is 18.6. The maximum absolute atomic E-state index is 12.8. The van der Waals surface area contributed by atoms with Crippen molar-refractivity contribution in [3.05, 3.63) is 86.3 Å². The number of hydrogen-bond acceptors (Lipinski definition) is 3. The van der Waals surface area contributed by atoms with E-state index in [0.29, 0.717) is 17.7 Å². The number of aryl methyl sites for hydroxylation is 3. The van der Waals surface area contributed by atoms with E-state index in [4.69, 9.17) is 0 Å². The molecular weight excluding hydrogens is 340 g/mol. The van der Waals surface area contributed by atoms with E-state index in [1.807, 2.05) is 52.1 Å². The van der Waals surface area contributed by atoms with Crippen molar-refractivity contribution in [1.82, 2.24) is 19.9 Å². The average Bonchev–Trinajstić information content (AvgIpc) is 2.88. The molecule has 6 nitrogen and oxygen atoms in total. The van der Waals surface area contributed by atoms with Crippen molar-refractivity contribution in [3.8, 4) is 0 Å². The van der Waals surface area contributed by atoms with Gasteiger partial charge in [-0.15, -0.1) is 0 Å². The number of pyridine rings is 2. The number of nitrogens with zero attached hydrogens (tertiary/aromatic N) is 2. The van der Waals surface area contributed by atoms with E-state index < -0.39 is 0 Å². The van der Waals surface area contributed by atoms with Gasteiger partial charge in [0.25, 0.3) is 11.5 Å². The summed E-state index contributed by atoms with van der Waals surface area (Å²) in [6, 6.07) is 5.83. The highest BCUT2D eigenvalue weighted by atomic mass is 16.2. The first-order valence-electron chi connectivity index (χ1n) is 8.89. The van der Waals surface area contributed by atoms with Gasteiger partial charge < -0.3 is 14.9 Å². The first-order chi connectivity index (χ1) is 12.9. The second-order valence-electron chi connectivity index (χ2n) is 6.88. The van der Waals surface area contributed by atoms with Crippen molar-refractivity contribution in [3.63, 3.8) is 0 Å². The molecule has 1 amide bonds. The lowest BCUT2D eigenvalue weighted by atomic mass is 10.1. The summed E-state index contributed by atoms with van der Waals surface area (Å²) >= 11 is 0. The normalized spacial score (nSPS) is 10.8. The van der Waals surface area contributed by atoms with E-state index in [2.05, 4.69) is 19.9 Å². The van der Waals surface area contributed by atoms with Crippen LogP contribution in [0.15, 0.2) is 41.6 Å². The molecule has 3 heterocycles. The van der Waals surface area contributed by atoms with E-state index in [0.717, 1.165) is 28.1 Å². The number of aromatic nitrogens is 3. The van der Waals surface area contributed by atoms with Gasteiger partial charge in [-0.25, -0.2) is 0 Å². The summed E-state index contributed by atoms with van der Waals surface area (Å²) in [5, 5.41) is 2.89. The summed E-state index contributed by atoms with van der Waals surface area (Å²) in [6.07, 6.45) is 5.50. The Labute approximate surface area is 158 Å². The molecule has 0 fully saturated rings. The van der Waals surface area contributed by atoms with Gasteiger partial charge >= 0.3 is 0 Å². The topological polar surface area (TPSA) is 79.8 Å². The molecule has 0 aliphatic heterocycles. The van der Waals surface area contributed by atoms with Crippen LogP contribution >= 0.6 is 0 Å². The Bertz CT molecular complexity index is 1030. The third-order valence-corrected chi connectivity index (χ3v) is 4.79. The molecule has 2 N–H and O–H groups in total. The SMILES string of the molecule is Cc1cc(C)c(CNC(=O)c2c(C)cn(Cc3ccncc3)c2C)c(=O)[nH]1. The van der Waals surface area contributed by atoms with Crippen LogP contribution in [-0.4, -0.2) is 20.4 Å². The van der Waals surface area contributed by atoms with Gasteiger partial charge in [0.15, 0.2) is 0 Å². The lowest BCUT2D eigenvalue weighted by Crippen LogP contribution is -2.28. The molecule has 0 aromatic carbocycles. The van der Waals surface area contributed by atoms with E-state index in [-0.39, 0.29) is 18.0 Å². The Balaban J connectivity index is 1.79. The number of rotatable bonds is 5. The van der Waals surface area contributed by atoms with E-state index in [1.165, 1.54) is 0 Å². The fraction of sp³-hybridized carbons (Fsp3) is 0.286. The highest BCUT2D eigenvalue weighted by molar-refractivity contribution is 5.96. The van der Waals surface area contributed by atoms with E-state index in [1.54, 1.807) is 12.4 Å². The molecule has 0 radical (unpaired) electrons. The third kappa shape index (κ3) is 4.00. The van der Waals surface area contributed by atoms with Crippen LogP contribution in [0.5, 0.6) is 0 Å². The van der Waals surface area contributed by atoms with Gasteiger partial charge in [-0.3, -0.25) is 14.6 Å². The molecule has 6 heteroatoms. The van der Waals surface area contributed by atoms with Gasteiger partial charge in [0.1, 0.15) is 0 Å². The zero-order valence-electron chi connectivity index (χ0n) is 16.1. The van der Waals surface area contributed by atoms with Crippen molar-refractivity contribution in [2.24, 2.45) is 0 Å². The maximum Gasteiger partial charge on any atom is 0.253 e. The smallest absolute Gasteiger partial charge is 0.253 e. The summed E-state index contributed by atoms with van der Waals surface area (Å²) in [4.78, 5) is 31.7. The Morgan fingerprint density at radius 3 is 2.52 bits per heavy atom. The molecule has 140 valence electrons. The lowest BCUT2D eigenvalue weighted by Gasteiger charge is -2.10. The Morgan fingerprint density at radius 1 is 1.15 bits per heavy atom. The van der Waals surface area contributed by atoms with Gasteiger partial charge in [0.2, 0.25) is 0 Å². The van der Waals surface area contributed by atoms with Crippen molar-refractivity contribution < 1.29 is 4.79 Å². The lowest BCUT2D eigenvalue weighted by molar-refractivity contribution is 0.0949. The van der Waals surface area contributed by atoms with Crippen LogP contribution in [0.1, 0.15) is 44.0 Å². The molecule has 3 aromatic heterocycles. The van der Waals surface area contributed by atoms with Crippen molar-refractivity contribution >= 4 is 5.91 Å². The standard InChI is InChI=1S/C21H24N4O2/c1-13-9-15(3)24-20(26)18(13)10-23-21(27)19-14(2)11-25(16(19)4)12-17-5-7-22-8-6-17/h5-9,11H,10,12H2,1-4H3,(H,23,27)(H,24,26). The number of carbonyl (C=O) groups excluding carboxylic acids is 1. The molecule has 0 saturated heterocycles. The summed E-state index contributed by atoms with van der Waals surface area (Å²) in [5.74, 6) is -0.169. The summed E-state index contributed by atoms with van der Waals surface area (Å²) in [7, 11) is 0. The minimum absolute atomic E-state index is 0.156. The first-order valence-corrected chi connectivity index (χ1v) is 8.89. The van der Waals surface area contributed by atoms with Crippen molar-refractivity contribution in [1.29, 1.82) is 0 Å². The second kappa shape index (κ2) is 7.61. The van der Waals surface area contributed by atoms with Crippen molar-refractivity contribution in [2.45, 2.75) is 40.8 Å². The Kier molecular flexibility index (Phi) is 5.26. The molecule has 0 saturated carbocycles. The molecule has 0 atom stereocenters. The molecule has 0 bridgehead atoms. The molecule has 3 rings (SSSR count). The van der Waals surface area contributed by atoms with Gasteiger partial charge in [-0.2, -0.15) is 0 Å². The van der Waals surface area contributed by atoms with Crippen LogP contribution in [0.2, 0.25) is 0 Å². The highest BCUT2D eigenvalue weighted by Crippen LogP contribution is 2.18. The minimum atomic E-state index is -0.169. The zero-order valence-corrected chi connectivity index (χ0v) is 16.1. The van der Waals surface area contributed by atoms with Crippen LogP contribution in [0.4, 0.5) is 0 Å². The molecule has 0 unspecified atom stereocenters. The number of nitrogens with one attached hydrogen (secondary N) is 2. The van der Waals surface area contributed by atoms with Gasteiger partial charge in [-0.05, 0) is 62.6 Å². The van der Waals surface area contributed by atoms with E-state index in [9.17, 15) is 9.59 Å². The fourth-order valence-corrected chi connectivity index (χ4v) is 3.37. The van der Waals surface area contributed by atoms with Crippen LogP contribution in [0.25, 0.3) is 0 Å². The average molecular weight is 364 g/mol. The fourth-order valence-electron chi connectivity index (χ4n) is 3.37.